The van der Waals surface area contributed by atoms with E-state index in [1.165, 1.54) is 4.90 Å². The van der Waals surface area contributed by atoms with E-state index in [-0.39, 0.29) is 6.04 Å². The second kappa shape index (κ2) is 9.37. The highest BCUT2D eigenvalue weighted by atomic mass is 19.4. The first kappa shape index (κ1) is 20.8. The van der Waals surface area contributed by atoms with Crippen molar-refractivity contribution in [2.24, 2.45) is 5.73 Å². The van der Waals surface area contributed by atoms with Crippen molar-refractivity contribution in [3.63, 3.8) is 0 Å². The Bertz CT molecular complexity index is 311. The number of carboxylic acids is 1. The minimum absolute atomic E-state index is 0.0834. The van der Waals surface area contributed by atoms with Crippen molar-refractivity contribution in [3.05, 3.63) is 0 Å². The van der Waals surface area contributed by atoms with Gasteiger partial charge < -0.3 is 25.7 Å². The third-order valence-electron chi connectivity index (χ3n) is 2.27. The van der Waals surface area contributed by atoms with E-state index in [9.17, 15) is 18.0 Å². The van der Waals surface area contributed by atoms with Crippen molar-refractivity contribution in [1.29, 1.82) is 0 Å². The van der Waals surface area contributed by atoms with Gasteiger partial charge in [0.1, 0.15) is 0 Å². The first-order chi connectivity index (χ1) is 8.93. The molecule has 120 valence electrons. The number of carboxylic acid groups (broad SMARTS) is 2. The van der Waals surface area contributed by atoms with E-state index < -0.39 is 18.2 Å². The molecule has 1 amide bonds. The van der Waals surface area contributed by atoms with Crippen LogP contribution in [0.5, 0.6) is 0 Å². The molecule has 0 bridgehead atoms. The molecule has 0 radical (unpaired) electrons. The number of aliphatic carboxylic acids is 1. The molecule has 0 rings (SSSR count). The highest BCUT2D eigenvalue weighted by Crippen LogP contribution is 2.13. The second-order valence-electron chi connectivity index (χ2n) is 4.18. The molecule has 4 N–H and O–H groups in total. The second-order valence-corrected chi connectivity index (χ2v) is 4.18. The fourth-order valence-electron chi connectivity index (χ4n) is 1.03. The Hall–Kier alpha value is -1.55. The first-order valence-electron chi connectivity index (χ1n) is 5.54. The number of amides is 1. The Morgan fingerprint density at radius 3 is 1.80 bits per heavy atom. The SMILES string of the molecule is CN(C)CCC(CN)N(C)C(=O)O.O=C(O)C(F)(F)F. The maximum absolute atomic E-state index is 10.6. The lowest BCUT2D eigenvalue weighted by atomic mass is 10.2. The summed E-state index contributed by atoms with van der Waals surface area (Å²) in [6.07, 6.45) is -5.24. The molecule has 0 fully saturated rings. The lowest BCUT2D eigenvalue weighted by Gasteiger charge is -2.25. The predicted octanol–water partition coefficient (Wildman–Crippen LogP) is 0.509. The summed E-state index contributed by atoms with van der Waals surface area (Å²) in [5.74, 6) is -2.76. The normalized spacial score (nSPS) is 12.4. The van der Waals surface area contributed by atoms with E-state index in [4.69, 9.17) is 20.7 Å². The maximum atomic E-state index is 10.6. The number of nitrogens with two attached hydrogens (primary N) is 1. The summed E-state index contributed by atoms with van der Waals surface area (Å²) in [4.78, 5) is 22.8. The summed E-state index contributed by atoms with van der Waals surface area (Å²) >= 11 is 0. The van der Waals surface area contributed by atoms with Crippen molar-refractivity contribution >= 4 is 12.1 Å². The largest absolute Gasteiger partial charge is 0.490 e. The minimum Gasteiger partial charge on any atom is -0.475 e. The van der Waals surface area contributed by atoms with Crippen LogP contribution in [0.1, 0.15) is 6.42 Å². The van der Waals surface area contributed by atoms with Gasteiger partial charge in [0.2, 0.25) is 0 Å². The fourth-order valence-corrected chi connectivity index (χ4v) is 1.03. The Balaban J connectivity index is 0. The van der Waals surface area contributed by atoms with Gasteiger partial charge in [-0.1, -0.05) is 0 Å². The average Bonchev–Trinajstić information content (AvgIpc) is 2.28. The molecule has 1 unspecified atom stereocenters. The van der Waals surface area contributed by atoms with Crippen LogP contribution in [0.25, 0.3) is 0 Å². The number of rotatable bonds is 5. The lowest BCUT2D eigenvalue weighted by Crippen LogP contribution is -2.42. The van der Waals surface area contributed by atoms with Crippen LogP contribution in [0.2, 0.25) is 0 Å². The van der Waals surface area contributed by atoms with Gasteiger partial charge >= 0.3 is 18.2 Å². The third kappa shape index (κ3) is 10.4. The molecule has 0 aliphatic rings. The lowest BCUT2D eigenvalue weighted by molar-refractivity contribution is -0.192. The molecule has 20 heavy (non-hydrogen) atoms. The van der Waals surface area contributed by atoms with Crippen LogP contribution in [0.3, 0.4) is 0 Å². The van der Waals surface area contributed by atoms with E-state index >= 15 is 0 Å². The summed E-state index contributed by atoms with van der Waals surface area (Å²) in [5, 5.41) is 15.8. The smallest absolute Gasteiger partial charge is 0.475 e. The zero-order valence-electron chi connectivity index (χ0n) is 11.5. The standard InChI is InChI=1S/C8H19N3O2.C2HF3O2/c1-10(2)5-4-7(6-9)11(3)8(12)13;3-2(4,5)1(6)7/h7H,4-6,9H2,1-3H3,(H,12,13);(H,6,7). The zero-order chi connectivity index (χ0) is 16.5. The number of hydrogen-bond acceptors (Lipinski definition) is 4. The summed E-state index contributed by atoms with van der Waals surface area (Å²) in [7, 11) is 5.46. The van der Waals surface area contributed by atoms with E-state index in [0.717, 1.165) is 13.0 Å². The Morgan fingerprint density at radius 1 is 1.20 bits per heavy atom. The summed E-state index contributed by atoms with van der Waals surface area (Å²) in [6, 6.07) is -0.0834. The van der Waals surface area contributed by atoms with E-state index in [1.54, 1.807) is 7.05 Å². The summed E-state index contributed by atoms with van der Waals surface area (Å²) in [6.45, 7) is 1.22. The number of carbonyl (C=O) groups is 2. The molecule has 0 spiro atoms. The number of hydrogen-bond donors (Lipinski definition) is 3. The topological polar surface area (TPSA) is 107 Å². The average molecular weight is 303 g/mol. The van der Waals surface area contributed by atoms with Gasteiger partial charge in [-0.05, 0) is 27.1 Å². The van der Waals surface area contributed by atoms with E-state index in [2.05, 4.69) is 0 Å². The quantitative estimate of drug-likeness (QED) is 0.683. The van der Waals surface area contributed by atoms with Gasteiger partial charge in [-0.2, -0.15) is 13.2 Å². The van der Waals surface area contributed by atoms with Crippen molar-refractivity contribution in [2.45, 2.75) is 18.6 Å². The molecular weight excluding hydrogens is 283 g/mol. The Labute approximate surface area is 114 Å². The molecule has 0 saturated heterocycles. The van der Waals surface area contributed by atoms with Crippen molar-refractivity contribution in [3.8, 4) is 0 Å². The monoisotopic (exact) mass is 303 g/mol. The number of halogens is 3. The Kier molecular flexibility index (Phi) is 9.73. The van der Waals surface area contributed by atoms with Crippen LogP contribution in [-0.2, 0) is 4.79 Å². The van der Waals surface area contributed by atoms with Gasteiger partial charge in [-0.25, -0.2) is 9.59 Å². The van der Waals surface area contributed by atoms with Gasteiger partial charge in [0.05, 0.1) is 0 Å². The van der Waals surface area contributed by atoms with Crippen molar-refractivity contribution in [1.82, 2.24) is 9.80 Å². The van der Waals surface area contributed by atoms with Crippen molar-refractivity contribution in [2.75, 3.05) is 34.2 Å². The van der Waals surface area contributed by atoms with Crippen LogP contribution >= 0.6 is 0 Å². The van der Waals surface area contributed by atoms with E-state index in [1.807, 2.05) is 19.0 Å². The number of alkyl halides is 3. The van der Waals surface area contributed by atoms with Crippen LogP contribution in [0, 0.1) is 0 Å². The molecule has 7 nitrogen and oxygen atoms in total. The van der Waals surface area contributed by atoms with Gasteiger partial charge in [0.15, 0.2) is 0 Å². The molecule has 10 heteroatoms. The fraction of sp³-hybridized carbons (Fsp3) is 0.800. The van der Waals surface area contributed by atoms with Crippen LogP contribution in [-0.4, -0.2) is 78.5 Å². The van der Waals surface area contributed by atoms with Gasteiger partial charge in [0, 0.05) is 19.6 Å². The van der Waals surface area contributed by atoms with Crippen molar-refractivity contribution < 1.29 is 33.0 Å². The third-order valence-corrected chi connectivity index (χ3v) is 2.27. The Morgan fingerprint density at radius 2 is 1.60 bits per heavy atom. The molecule has 1 atom stereocenters. The minimum atomic E-state index is -5.08. The molecular formula is C10H20F3N3O4. The molecule has 0 heterocycles. The highest BCUT2D eigenvalue weighted by Gasteiger charge is 2.38. The van der Waals surface area contributed by atoms with Crippen LogP contribution in [0.15, 0.2) is 0 Å². The number of nitrogens with zero attached hydrogens (tertiary/aromatic N) is 2. The van der Waals surface area contributed by atoms with Gasteiger partial charge in [0.25, 0.3) is 0 Å². The maximum Gasteiger partial charge on any atom is 0.490 e. The van der Waals surface area contributed by atoms with Gasteiger partial charge in [-0.3, -0.25) is 0 Å². The molecule has 0 aliphatic carbocycles. The van der Waals surface area contributed by atoms with Crippen LogP contribution in [0.4, 0.5) is 18.0 Å². The molecule has 0 aliphatic heterocycles. The molecule has 0 aromatic carbocycles. The number of likely N-dealkylation sites (N-methyl/N-ethyl adjacent to an activating group) is 1. The summed E-state index contributed by atoms with van der Waals surface area (Å²) in [5.41, 5.74) is 5.47. The molecule has 0 saturated carbocycles. The predicted molar refractivity (Wildman–Crippen MR) is 65.5 cm³/mol. The highest BCUT2D eigenvalue weighted by molar-refractivity contribution is 5.73. The first-order valence-corrected chi connectivity index (χ1v) is 5.54. The summed E-state index contributed by atoms with van der Waals surface area (Å²) < 4.78 is 31.7. The molecule has 0 aromatic rings. The molecule has 0 aromatic heterocycles. The van der Waals surface area contributed by atoms with Gasteiger partial charge in [-0.15, -0.1) is 0 Å². The van der Waals surface area contributed by atoms with E-state index in [0.29, 0.717) is 6.54 Å². The van der Waals surface area contributed by atoms with Crippen LogP contribution < -0.4 is 5.73 Å². The zero-order valence-corrected chi connectivity index (χ0v) is 11.5.